The quantitative estimate of drug-likeness (QED) is 0.141. The lowest BCUT2D eigenvalue weighted by atomic mass is 9.95. The number of alkyl halides is 2. The van der Waals surface area contributed by atoms with E-state index in [1.54, 1.807) is 0 Å². The second-order valence-corrected chi connectivity index (χ2v) is 11.8. The molecule has 0 unspecified atom stereocenters. The summed E-state index contributed by atoms with van der Waals surface area (Å²) in [5.41, 5.74) is 9.48. The summed E-state index contributed by atoms with van der Waals surface area (Å²) in [5.74, 6) is 0. The van der Waals surface area contributed by atoms with E-state index < -0.39 is 6.43 Å². The molecule has 0 amide bonds. The minimum absolute atomic E-state index is 0.00113. The van der Waals surface area contributed by atoms with Gasteiger partial charge in [-0.1, -0.05) is 121 Å². The first kappa shape index (κ1) is 29.1. The zero-order valence-electron chi connectivity index (χ0n) is 25.8. The van der Waals surface area contributed by atoms with Crippen LogP contribution in [-0.2, 0) is 0 Å². The molecule has 0 radical (unpaired) electrons. The SMILES string of the molecule is [C-]#[N+]c1cc2c(-c3ccc(-c4cc(C)cc(C(F)F)c4)cc3)nc3ccccc3c2c2nc(-c3ccccc3)c(-c3ccccc3)nc12. The number of hydrogen-bond acceptors (Lipinski definition) is 3. The molecule has 6 aromatic carbocycles. The van der Waals surface area contributed by atoms with Crippen molar-refractivity contribution >= 4 is 38.4 Å². The van der Waals surface area contributed by atoms with Gasteiger partial charge in [0.15, 0.2) is 0 Å². The topological polar surface area (TPSA) is 43.0 Å². The summed E-state index contributed by atoms with van der Waals surface area (Å²) in [7, 11) is 0. The van der Waals surface area contributed by atoms with E-state index in [0.717, 1.165) is 60.8 Å². The van der Waals surface area contributed by atoms with Gasteiger partial charge in [0.05, 0.1) is 40.2 Å². The second-order valence-electron chi connectivity index (χ2n) is 11.8. The van der Waals surface area contributed by atoms with Crippen LogP contribution in [-0.4, -0.2) is 15.0 Å². The van der Waals surface area contributed by atoms with Crippen LogP contribution in [0.1, 0.15) is 17.6 Å². The van der Waals surface area contributed by atoms with E-state index in [-0.39, 0.29) is 5.56 Å². The molecule has 0 fully saturated rings. The zero-order chi connectivity index (χ0) is 32.8. The molecule has 2 heterocycles. The summed E-state index contributed by atoms with van der Waals surface area (Å²) >= 11 is 0. The van der Waals surface area contributed by atoms with E-state index in [2.05, 4.69) is 4.85 Å². The molecule has 0 aliphatic rings. The van der Waals surface area contributed by atoms with Crippen LogP contribution in [0.5, 0.6) is 0 Å². The Morgan fingerprint density at radius 2 is 1.12 bits per heavy atom. The summed E-state index contributed by atoms with van der Waals surface area (Å²) in [6.07, 6.45) is -2.54. The Morgan fingerprint density at radius 3 is 1.77 bits per heavy atom. The van der Waals surface area contributed by atoms with Crippen molar-refractivity contribution in [1.29, 1.82) is 0 Å². The van der Waals surface area contributed by atoms with Crippen molar-refractivity contribution in [3.8, 4) is 44.9 Å². The minimum atomic E-state index is -2.54. The van der Waals surface area contributed by atoms with Gasteiger partial charge in [-0.15, -0.1) is 0 Å². The van der Waals surface area contributed by atoms with Crippen LogP contribution in [0.15, 0.2) is 133 Å². The number of aromatic nitrogens is 3. The largest absolute Gasteiger partial charge is 0.263 e. The summed E-state index contributed by atoms with van der Waals surface area (Å²) in [6, 6.07) is 42.4. The van der Waals surface area contributed by atoms with Crippen LogP contribution in [0.25, 0.3) is 82.5 Å². The van der Waals surface area contributed by atoms with Crippen LogP contribution in [0.2, 0.25) is 0 Å². The number of rotatable bonds is 5. The van der Waals surface area contributed by atoms with E-state index >= 15 is 0 Å². The fraction of sp³-hybridized carbons (Fsp3) is 0.0476. The average molecular weight is 625 g/mol. The Hall–Kier alpha value is -6.32. The molecule has 0 spiro atoms. The average Bonchev–Trinajstić information content (AvgIpc) is 3.14. The van der Waals surface area contributed by atoms with Crippen LogP contribution in [0, 0.1) is 13.5 Å². The monoisotopic (exact) mass is 624 g/mol. The summed E-state index contributed by atoms with van der Waals surface area (Å²) in [6.45, 7) is 10.0. The molecule has 6 heteroatoms. The number of fused-ring (bicyclic) bond motifs is 5. The number of hydrogen-bond donors (Lipinski definition) is 0. The van der Waals surface area contributed by atoms with Gasteiger partial charge in [-0.3, -0.25) is 4.98 Å². The molecule has 2 aromatic heterocycles. The minimum Gasteiger partial charge on any atom is -0.255 e. The van der Waals surface area contributed by atoms with Crippen molar-refractivity contribution < 1.29 is 8.78 Å². The highest BCUT2D eigenvalue weighted by atomic mass is 19.3. The molecule has 8 rings (SSSR count). The number of aryl methyl sites for hydroxylation is 1. The van der Waals surface area contributed by atoms with Gasteiger partial charge >= 0.3 is 0 Å². The summed E-state index contributed by atoms with van der Waals surface area (Å²) in [5, 5.41) is 2.57. The third-order valence-electron chi connectivity index (χ3n) is 8.64. The molecule has 0 bridgehead atoms. The van der Waals surface area contributed by atoms with Crippen LogP contribution >= 0.6 is 0 Å². The van der Waals surface area contributed by atoms with E-state index in [9.17, 15) is 8.78 Å². The predicted molar refractivity (Wildman–Crippen MR) is 190 cm³/mol. The van der Waals surface area contributed by atoms with E-state index in [0.29, 0.717) is 28.1 Å². The Balaban J connectivity index is 1.41. The predicted octanol–water partition coefficient (Wildman–Crippen LogP) is 11.8. The molecular weight excluding hydrogens is 598 g/mol. The number of benzene rings is 6. The Bertz CT molecular complexity index is 2540. The summed E-state index contributed by atoms with van der Waals surface area (Å²) < 4.78 is 27.1. The van der Waals surface area contributed by atoms with Crippen molar-refractivity contribution in [2.45, 2.75) is 13.3 Å². The van der Waals surface area contributed by atoms with Crippen molar-refractivity contribution in [2.75, 3.05) is 0 Å². The first-order chi connectivity index (χ1) is 23.5. The van der Waals surface area contributed by atoms with Gasteiger partial charge < -0.3 is 0 Å². The van der Waals surface area contributed by atoms with Crippen LogP contribution in [0.3, 0.4) is 0 Å². The molecule has 0 saturated heterocycles. The van der Waals surface area contributed by atoms with Gasteiger partial charge in [0.2, 0.25) is 5.69 Å². The molecule has 228 valence electrons. The van der Waals surface area contributed by atoms with Crippen LogP contribution < -0.4 is 0 Å². The van der Waals surface area contributed by atoms with E-state index in [1.807, 2.05) is 128 Å². The third kappa shape index (κ3) is 5.03. The standard InChI is InChI=1S/C42H26F2N4/c1-25-21-30(23-31(22-25)42(43)44)26-17-19-29(20-18-26)37-33-24-35(45-2)40-41(36(33)32-15-9-10-16-34(32)46-37)48-39(28-13-7-4-8-14-28)38(47-40)27-11-5-3-6-12-27/h3-24,42H,1H3. The van der Waals surface area contributed by atoms with Gasteiger partial charge in [-0.2, -0.15) is 0 Å². The van der Waals surface area contributed by atoms with Gasteiger partial charge in [0.25, 0.3) is 6.43 Å². The first-order valence-electron chi connectivity index (χ1n) is 15.5. The normalized spacial score (nSPS) is 11.4. The van der Waals surface area contributed by atoms with E-state index in [1.165, 1.54) is 12.1 Å². The highest BCUT2D eigenvalue weighted by molar-refractivity contribution is 6.23. The molecule has 8 aromatic rings. The number of halogens is 2. The number of para-hydroxylation sites is 1. The van der Waals surface area contributed by atoms with Gasteiger partial charge in [0.1, 0.15) is 0 Å². The van der Waals surface area contributed by atoms with Crippen molar-refractivity contribution in [1.82, 2.24) is 15.0 Å². The fourth-order valence-electron chi connectivity index (χ4n) is 6.44. The lowest BCUT2D eigenvalue weighted by Crippen LogP contribution is -1.98. The maximum atomic E-state index is 13.6. The lowest BCUT2D eigenvalue weighted by molar-refractivity contribution is 0.151. The maximum Gasteiger partial charge on any atom is 0.263 e. The zero-order valence-corrected chi connectivity index (χ0v) is 25.8. The molecule has 4 nitrogen and oxygen atoms in total. The number of pyridine rings is 1. The van der Waals surface area contributed by atoms with E-state index in [4.69, 9.17) is 21.5 Å². The molecule has 0 aliphatic carbocycles. The molecule has 0 atom stereocenters. The Morgan fingerprint density at radius 1 is 0.542 bits per heavy atom. The molecule has 48 heavy (non-hydrogen) atoms. The number of nitrogens with zero attached hydrogens (tertiary/aromatic N) is 4. The third-order valence-corrected chi connectivity index (χ3v) is 8.64. The maximum absolute atomic E-state index is 13.6. The van der Waals surface area contributed by atoms with Gasteiger partial charge in [0, 0.05) is 38.4 Å². The first-order valence-corrected chi connectivity index (χ1v) is 15.5. The Kier molecular flexibility index (Phi) is 7.15. The van der Waals surface area contributed by atoms with Crippen molar-refractivity contribution in [3.05, 3.63) is 156 Å². The van der Waals surface area contributed by atoms with Gasteiger partial charge in [-0.05, 0) is 36.2 Å². The van der Waals surface area contributed by atoms with Gasteiger partial charge in [-0.25, -0.2) is 23.6 Å². The molecule has 0 saturated carbocycles. The highest BCUT2D eigenvalue weighted by Gasteiger charge is 2.21. The lowest BCUT2D eigenvalue weighted by Gasteiger charge is -2.16. The highest BCUT2D eigenvalue weighted by Crippen LogP contribution is 2.42. The van der Waals surface area contributed by atoms with Crippen molar-refractivity contribution in [3.63, 3.8) is 0 Å². The Labute approximate surface area is 275 Å². The molecular formula is C42H26F2N4. The summed E-state index contributed by atoms with van der Waals surface area (Å²) in [4.78, 5) is 19.6. The molecule has 0 N–H and O–H groups in total. The fourth-order valence-corrected chi connectivity index (χ4v) is 6.44. The molecule has 0 aliphatic heterocycles. The second kappa shape index (κ2) is 11.8. The van der Waals surface area contributed by atoms with Crippen LogP contribution in [0.4, 0.5) is 14.5 Å². The smallest absolute Gasteiger partial charge is 0.255 e. The van der Waals surface area contributed by atoms with Crippen molar-refractivity contribution in [2.24, 2.45) is 0 Å².